The van der Waals surface area contributed by atoms with E-state index >= 15 is 0 Å². The number of pyridine rings is 3. The Bertz CT molecular complexity index is 1820. The zero-order chi connectivity index (χ0) is 26.3. The Morgan fingerprint density at radius 2 is 1.97 bits per heavy atom. The number of H-pyrrole nitrogens is 2. The maximum Gasteiger partial charge on any atom is 0.139 e. The van der Waals surface area contributed by atoms with Crippen LogP contribution in [0.15, 0.2) is 73.7 Å². The van der Waals surface area contributed by atoms with Crippen LogP contribution >= 0.6 is 0 Å². The van der Waals surface area contributed by atoms with Crippen molar-refractivity contribution in [2.75, 3.05) is 5.32 Å². The van der Waals surface area contributed by atoms with Crippen LogP contribution in [0.4, 0.5) is 5.69 Å². The lowest BCUT2D eigenvalue weighted by Crippen LogP contribution is -2.14. The highest BCUT2D eigenvalue weighted by molar-refractivity contribution is 5.95. The van der Waals surface area contributed by atoms with Gasteiger partial charge in [0.1, 0.15) is 16.9 Å². The lowest BCUT2D eigenvalue weighted by molar-refractivity contribution is 0.405. The second-order valence-electron chi connectivity index (χ2n) is 10.3. The number of hydrogen-bond acceptors (Lipinski definition) is 6. The summed E-state index contributed by atoms with van der Waals surface area (Å²) < 4.78 is 2.01. The van der Waals surface area contributed by atoms with Crippen LogP contribution in [-0.4, -0.2) is 39.7 Å². The molecule has 9 heteroatoms. The summed E-state index contributed by atoms with van der Waals surface area (Å²) in [7, 11) is 0. The molecule has 7 rings (SSSR count). The van der Waals surface area contributed by atoms with E-state index in [0.717, 1.165) is 67.5 Å². The number of imidazole rings is 1. The second-order valence-corrected chi connectivity index (χ2v) is 10.3. The van der Waals surface area contributed by atoms with Crippen molar-refractivity contribution in [1.82, 2.24) is 39.7 Å². The van der Waals surface area contributed by atoms with Gasteiger partial charge in [-0.05, 0) is 56.0 Å². The molecule has 9 nitrogen and oxygen atoms in total. The van der Waals surface area contributed by atoms with Crippen LogP contribution in [0.3, 0.4) is 0 Å². The van der Waals surface area contributed by atoms with Gasteiger partial charge in [0, 0.05) is 35.2 Å². The van der Waals surface area contributed by atoms with Crippen molar-refractivity contribution in [3.05, 3.63) is 79.4 Å². The number of hydrogen-bond donors (Lipinski definition) is 3. The third-order valence-corrected chi connectivity index (χ3v) is 7.60. The normalized spacial score (nSPS) is 14.3. The van der Waals surface area contributed by atoms with Crippen LogP contribution in [-0.2, 0) is 0 Å². The summed E-state index contributed by atoms with van der Waals surface area (Å²) in [6, 6.07) is 10.1. The molecule has 1 aliphatic rings. The molecule has 0 spiro atoms. The molecule has 0 radical (unpaired) electrons. The van der Waals surface area contributed by atoms with E-state index in [1.807, 2.05) is 54.6 Å². The quantitative estimate of drug-likeness (QED) is 0.231. The van der Waals surface area contributed by atoms with Gasteiger partial charge < -0.3 is 14.9 Å². The summed E-state index contributed by atoms with van der Waals surface area (Å²) in [5, 5.41) is 12.2. The molecule has 39 heavy (non-hydrogen) atoms. The minimum absolute atomic E-state index is 0.523. The summed E-state index contributed by atoms with van der Waals surface area (Å²) in [6.45, 7) is 6.30. The molecule has 0 unspecified atom stereocenters. The van der Waals surface area contributed by atoms with Gasteiger partial charge in [0.15, 0.2) is 0 Å². The van der Waals surface area contributed by atoms with E-state index in [1.165, 1.54) is 32.1 Å². The molecule has 1 aliphatic carbocycles. The molecule has 0 bridgehead atoms. The first kappa shape index (κ1) is 23.3. The SMILES string of the molecule is C=C(Nc1cncc(-c2ccc3[nH]nc(-c4cc5c(-n6cnc(C)c6)ccnc5[nH]4)c3n2)c1)C1CCCCC1. The molecule has 0 aromatic carbocycles. The lowest BCUT2D eigenvalue weighted by atomic mass is 9.87. The third kappa shape index (κ3) is 4.35. The van der Waals surface area contributed by atoms with E-state index in [0.29, 0.717) is 5.92 Å². The molecule has 6 aromatic rings. The van der Waals surface area contributed by atoms with E-state index in [1.54, 1.807) is 6.20 Å². The second kappa shape index (κ2) is 9.50. The first-order valence-corrected chi connectivity index (χ1v) is 13.4. The molecule has 0 saturated heterocycles. The summed E-state index contributed by atoms with van der Waals surface area (Å²) in [5.41, 5.74) is 9.73. The monoisotopic (exact) mass is 515 g/mol. The zero-order valence-corrected chi connectivity index (χ0v) is 21.8. The van der Waals surface area contributed by atoms with Gasteiger partial charge in [0.2, 0.25) is 0 Å². The fourth-order valence-corrected chi connectivity index (χ4v) is 5.55. The molecule has 194 valence electrons. The van der Waals surface area contributed by atoms with Crippen molar-refractivity contribution < 1.29 is 0 Å². The van der Waals surface area contributed by atoms with Gasteiger partial charge in [0.05, 0.1) is 46.5 Å². The maximum absolute atomic E-state index is 5.01. The van der Waals surface area contributed by atoms with E-state index < -0.39 is 0 Å². The number of aromatic amines is 2. The highest BCUT2D eigenvalue weighted by Gasteiger charge is 2.18. The van der Waals surface area contributed by atoms with Crippen LogP contribution in [0, 0.1) is 12.8 Å². The van der Waals surface area contributed by atoms with Gasteiger partial charge in [-0.25, -0.2) is 15.0 Å². The van der Waals surface area contributed by atoms with E-state index in [-0.39, 0.29) is 0 Å². The first-order chi connectivity index (χ1) is 19.1. The minimum Gasteiger partial charge on any atom is -0.358 e. The Hall–Kier alpha value is -4.79. The van der Waals surface area contributed by atoms with Crippen molar-refractivity contribution >= 4 is 27.8 Å². The largest absolute Gasteiger partial charge is 0.358 e. The summed E-state index contributed by atoms with van der Waals surface area (Å²) in [5.74, 6) is 0.523. The Morgan fingerprint density at radius 3 is 2.82 bits per heavy atom. The fraction of sp³-hybridized carbons (Fsp3) is 0.233. The summed E-state index contributed by atoms with van der Waals surface area (Å²) >= 11 is 0. The summed E-state index contributed by atoms with van der Waals surface area (Å²) in [6.07, 6.45) is 15.6. The van der Waals surface area contributed by atoms with Crippen LogP contribution in [0.2, 0.25) is 0 Å². The Kier molecular flexibility index (Phi) is 5.69. The van der Waals surface area contributed by atoms with Crippen molar-refractivity contribution in [2.24, 2.45) is 5.92 Å². The Labute approximate surface area is 225 Å². The molecular weight excluding hydrogens is 486 g/mol. The molecular formula is C30H29N9. The van der Waals surface area contributed by atoms with Gasteiger partial charge in [-0.1, -0.05) is 25.8 Å². The van der Waals surface area contributed by atoms with Gasteiger partial charge in [0.25, 0.3) is 0 Å². The predicted octanol–water partition coefficient (Wildman–Crippen LogP) is 6.56. The number of nitrogens with zero attached hydrogens (tertiary/aromatic N) is 6. The number of rotatable bonds is 6. The molecule has 0 amide bonds. The highest BCUT2D eigenvalue weighted by atomic mass is 15.1. The highest BCUT2D eigenvalue weighted by Crippen LogP contribution is 2.33. The van der Waals surface area contributed by atoms with Crippen LogP contribution < -0.4 is 5.32 Å². The van der Waals surface area contributed by atoms with Crippen LogP contribution in [0.1, 0.15) is 37.8 Å². The molecule has 0 atom stereocenters. The third-order valence-electron chi connectivity index (χ3n) is 7.60. The van der Waals surface area contributed by atoms with Crippen molar-refractivity contribution in [3.8, 4) is 28.3 Å². The lowest BCUT2D eigenvalue weighted by Gasteiger charge is -2.24. The van der Waals surface area contributed by atoms with Crippen molar-refractivity contribution in [3.63, 3.8) is 0 Å². The van der Waals surface area contributed by atoms with Gasteiger partial charge in [-0.2, -0.15) is 5.10 Å². The van der Waals surface area contributed by atoms with Crippen molar-refractivity contribution in [1.29, 1.82) is 0 Å². The molecule has 3 N–H and O–H groups in total. The molecule has 0 aliphatic heterocycles. The number of nitrogens with one attached hydrogen (secondary N) is 3. The number of allylic oxidation sites excluding steroid dienone is 1. The summed E-state index contributed by atoms with van der Waals surface area (Å²) in [4.78, 5) is 21.8. The standard InChI is InChI=1S/C30H29N9/c1-18-16-39(17-33-18)27-10-11-32-30-23(27)13-26(36-30)29-28-25(37-38-29)9-8-24(35-28)21-12-22(15-31-14-21)34-19(2)20-6-4-3-5-7-20/h8-17,20,34H,2-7H2,1H3,(H,32,36)(H,37,38). The van der Waals surface area contributed by atoms with Crippen LogP contribution in [0.25, 0.3) is 50.4 Å². The smallest absolute Gasteiger partial charge is 0.139 e. The topological polar surface area (TPSA) is 113 Å². The number of anilines is 1. The Balaban J connectivity index is 1.22. The van der Waals surface area contributed by atoms with Crippen LogP contribution in [0.5, 0.6) is 0 Å². The molecule has 1 fully saturated rings. The van der Waals surface area contributed by atoms with E-state index in [9.17, 15) is 0 Å². The zero-order valence-electron chi connectivity index (χ0n) is 21.8. The van der Waals surface area contributed by atoms with Gasteiger partial charge in [-0.3, -0.25) is 10.1 Å². The first-order valence-electron chi connectivity index (χ1n) is 13.4. The number of aromatic nitrogens is 8. The van der Waals surface area contributed by atoms with E-state index in [2.05, 4.69) is 54.2 Å². The molecule has 1 saturated carbocycles. The van der Waals surface area contributed by atoms with E-state index in [4.69, 9.17) is 4.98 Å². The molecule has 6 aromatic heterocycles. The van der Waals surface area contributed by atoms with Gasteiger partial charge in [-0.15, -0.1) is 0 Å². The number of aryl methyl sites for hydroxylation is 1. The Morgan fingerprint density at radius 1 is 1.08 bits per heavy atom. The average Bonchev–Trinajstić information content (AvgIpc) is 3.71. The number of fused-ring (bicyclic) bond motifs is 2. The maximum atomic E-state index is 5.01. The average molecular weight is 516 g/mol. The minimum atomic E-state index is 0.523. The predicted molar refractivity (Wildman–Crippen MR) is 153 cm³/mol. The van der Waals surface area contributed by atoms with Crippen molar-refractivity contribution in [2.45, 2.75) is 39.0 Å². The van der Waals surface area contributed by atoms with Gasteiger partial charge >= 0.3 is 0 Å². The molecule has 6 heterocycles. The fourth-order valence-electron chi connectivity index (χ4n) is 5.55.